The lowest BCUT2D eigenvalue weighted by Crippen LogP contribution is -2.30. The van der Waals surface area contributed by atoms with Crippen molar-refractivity contribution in [3.05, 3.63) is 64.9 Å². The first-order valence-corrected chi connectivity index (χ1v) is 8.39. The van der Waals surface area contributed by atoms with Gasteiger partial charge in [0.25, 0.3) is 0 Å². The molecule has 8 heteroatoms. The van der Waals surface area contributed by atoms with Gasteiger partial charge in [-0.25, -0.2) is 17.5 Å². The zero-order chi connectivity index (χ0) is 17.0. The number of carboxylic acid groups (broad SMARTS) is 1. The Bertz CT molecular complexity index is 791. The lowest BCUT2D eigenvalue weighted by atomic mass is 10.1. The molecule has 0 bridgehead atoms. The number of carbonyl (C=O) groups is 1. The summed E-state index contributed by atoms with van der Waals surface area (Å²) in [5.41, 5.74) is 0.353. The summed E-state index contributed by atoms with van der Waals surface area (Å²) < 4.78 is 40.0. The number of sulfonamides is 1. The third-order valence-electron chi connectivity index (χ3n) is 3.07. The van der Waals surface area contributed by atoms with Crippen LogP contribution >= 0.6 is 11.6 Å². The summed E-state index contributed by atoms with van der Waals surface area (Å²) in [6.45, 7) is 0. The number of hydrogen-bond acceptors (Lipinski definition) is 3. The molecule has 0 amide bonds. The molecule has 23 heavy (non-hydrogen) atoms. The predicted octanol–water partition coefficient (Wildman–Crippen LogP) is 2.97. The average molecular weight is 358 g/mol. The molecule has 0 heterocycles. The van der Waals surface area contributed by atoms with Crippen LogP contribution in [0.3, 0.4) is 0 Å². The van der Waals surface area contributed by atoms with Crippen molar-refractivity contribution in [2.24, 2.45) is 0 Å². The molecular formula is C15H13ClFNO4S. The molecule has 5 nitrogen and oxygen atoms in total. The third-order valence-corrected chi connectivity index (χ3v) is 4.81. The van der Waals surface area contributed by atoms with Crippen molar-refractivity contribution in [3.8, 4) is 0 Å². The van der Waals surface area contributed by atoms with E-state index in [2.05, 4.69) is 4.72 Å². The van der Waals surface area contributed by atoms with E-state index in [0.717, 1.165) is 12.1 Å². The van der Waals surface area contributed by atoms with Gasteiger partial charge in [0.15, 0.2) is 0 Å². The maximum atomic E-state index is 13.0. The number of aliphatic carboxylic acids is 1. The monoisotopic (exact) mass is 357 g/mol. The van der Waals surface area contributed by atoms with Gasteiger partial charge in [-0.15, -0.1) is 0 Å². The van der Waals surface area contributed by atoms with Gasteiger partial charge in [-0.3, -0.25) is 4.79 Å². The van der Waals surface area contributed by atoms with Crippen molar-refractivity contribution in [1.82, 2.24) is 4.72 Å². The molecule has 122 valence electrons. The number of rotatable bonds is 6. The second kappa shape index (κ2) is 7.08. The van der Waals surface area contributed by atoms with Crippen molar-refractivity contribution in [2.75, 3.05) is 0 Å². The highest BCUT2D eigenvalue weighted by atomic mass is 35.5. The van der Waals surface area contributed by atoms with Crippen LogP contribution in [0.15, 0.2) is 53.4 Å². The summed E-state index contributed by atoms with van der Waals surface area (Å²) in [4.78, 5) is 10.9. The van der Waals surface area contributed by atoms with Crippen molar-refractivity contribution in [3.63, 3.8) is 0 Å². The molecule has 0 radical (unpaired) electrons. The van der Waals surface area contributed by atoms with Crippen LogP contribution < -0.4 is 4.72 Å². The molecule has 0 aliphatic carbocycles. The molecule has 0 aliphatic rings. The van der Waals surface area contributed by atoms with Crippen LogP contribution in [0, 0.1) is 5.82 Å². The summed E-state index contributed by atoms with van der Waals surface area (Å²) in [6, 6.07) is 9.40. The molecule has 2 aromatic rings. The first kappa shape index (κ1) is 17.4. The molecular weight excluding hydrogens is 345 g/mol. The summed E-state index contributed by atoms with van der Waals surface area (Å²) in [5, 5.41) is 9.36. The Morgan fingerprint density at radius 2 is 1.70 bits per heavy atom. The number of nitrogens with one attached hydrogen (secondary N) is 1. The van der Waals surface area contributed by atoms with Crippen LogP contribution in [0.25, 0.3) is 0 Å². The number of halogens is 2. The molecule has 0 aromatic heterocycles. The van der Waals surface area contributed by atoms with Crippen molar-refractivity contribution < 1.29 is 22.7 Å². The summed E-state index contributed by atoms with van der Waals surface area (Å²) >= 11 is 5.72. The molecule has 2 rings (SSSR count). The van der Waals surface area contributed by atoms with E-state index in [4.69, 9.17) is 16.7 Å². The van der Waals surface area contributed by atoms with Crippen molar-refractivity contribution in [1.29, 1.82) is 0 Å². The predicted molar refractivity (Wildman–Crippen MR) is 83.2 cm³/mol. The molecule has 0 aliphatic heterocycles. The van der Waals surface area contributed by atoms with E-state index in [1.54, 1.807) is 0 Å². The minimum absolute atomic E-state index is 0.0422. The lowest BCUT2D eigenvalue weighted by Gasteiger charge is -2.17. The number of benzene rings is 2. The first-order chi connectivity index (χ1) is 10.8. The number of hydrogen-bond donors (Lipinski definition) is 2. The Morgan fingerprint density at radius 3 is 2.22 bits per heavy atom. The van der Waals surface area contributed by atoms with E-state index in [9.17, 15) is 17.6 Å². The van der Waals surface area contributed by atoms with E-state index >= 15 is 0 Å². The Balaban J connectivity index is 2.31. The van der Waals surface area contributed by atoms with Gasteiger partial charge >= 0.3 is 5.97 Å². The standard InChI is InChI=1S/C15H13ClFNO4S/c16-11-3-7-13(8-4-11)23(21,22)18-14(9-15(19)20)10-1-5-12(17)6-2-10/h1-8,14,18H,9H2,(H,19,20). The molecule has 0 spiro atoms. The highest BCUT2D eigenvalue weighted by Gasteiger charge is 2.23. The van der Waals surface area contributed by atoms with Crippen LogP contribution in [-0.4, -0.2) is 19.5 Å². The van der Waals surface area contributed by atoms with Gasteiger partial charge in [-0.1, -0.05) is 23.7 Å². The maximum Gasteiger partial charge on any atom is 0.305 e. The quantitative estimate of drug-likeness (QED) is 0.832. The molecule has 2 aromatic carbocycles. The zero-order valence-electron chi connectivity index (χ0n) is 11.7. The van der Waals surface area contributed by atoms with Gasteiger partial charge in [0.05, 0.1) is 17.4 Å². The van der Waals surface area contributed by atoms with E-state index in [1.807, 2.05) is 0 Å². The van der Waals surface area contributed by atoms with Gasteiger partial charge in [0.2, 0.25) is 10.0 Å². The van der Waals surface area contributed by atoms with E-state index in [1.165, 1.54) is 36.4 Å². The Labute approximate surface area is 137 Å². The van der Waals surface area contributed by atoms with Crippen LogP contribution in [0.5, 0.6) is 0 Å². The normalized spacial score (nSPS) is 12.8. The van der Waals surface area contributed by atoms with Gasteiger partial charge in [-0.05, 0) is 42.0 Å². The second-order valence-electron chi connectivity index (χ2n) is 4.78. The lowest BCUT2D eigenvalue weighted by molar-refractivity contribution is -0.137. The highest BCUT2D eigenvalue weighted by molar-refractivity contribution is 7.89. The van der Waals surface area contributed by atoms with E-state index in [0.29, 0.717) is 10.6 Å². The Hall–Kier alpha value is -1.96. The van der Waals surface area contributed by atoms with Gasteiger partial charge in [-0.2, -0.15) is 0 Å². The van der Waals surface area contributed by atoms with Gasteiger partial charge in [0.1, 0.15) is 5.82 Å². The average Bonchev–Trinajstić information content (AvgIpc) is 2.47. The van der Waals surface area contributed by atoms with Crippen LogP contribution in [0.4, 0.5) is 4.39 Å². The Kier molecular flexibility index (Phi) is 5.35. The van der Waals surface area contributed by atoms with Gasteiger partial charge in [0, 0.05) is 5.02 Å². The van der Waals surface area contributed by atoms with Gasteiger partial charge < -0.3 is 5.11 Å². The SMILES string of the molecule is O=C(O)CC(NS(=O)(=O)c1ccc(Cl)cc1)c1ccc(F)cc1. The highest BCUT2D eigenvalue weighted by Crippen LogP contribution is 2.22. The van der Waals surface area contributed by atoms with Crippen molar-refractivity contribution >= 4 is 27.6 Å². The summed E-state index contributed by atoms with van der Waals surface area (Å²) in [6.07, 6.45) is -0.474. The van der Waals surface area contributed by atoms with Crippen molar-refractivity contribution in [2.45, 2.75) is 17.4 Å². The minimum atomic E-state index is -3.95. The topological polar surface area (TPSA) is 83.5 Å². The molecule has 1 atom stereocenters. The zero-order valence-corrected chi connectivity index (χ0v) is 13.3. The molecule has 0 fully saturated rings. The maximum absolute atomic E-state index is 13.0. The van der Waals surface area contributed by atoms with E-state index < -0.39 is 34.3 Å². The second-order valence-corrected chi connectivity index (χ2v) is 6.93. The van der Waals surface area contributed by atoms with E-state index in [-0.39, 0.29) is 4.90 Å². The van der Waals surface area contributed by atoms with Crippen LogP contribution in [0.2, 0.25) is 5.02 Å². The summed E-state index contributed by atoms with van der Waals surface area (Å²) in [5.74, 6) is -1.68. The summed E-state index contributed by atoms with van der Waals surface area (Å²) in [7, 11) is -3.95. The minimum Gasteiger partial charge on any atom is -0.481 e. The molecule has 0 saturated carbocycles. The first-order valence-electron chi connectivity index (χ1n) is 6.53. The smallest absolute Gasteiger partial charge is 0.305 e. The fourth-order valence-corrected chi connectivity index (χ4v) is 3.32. The third kappa shape index (κ3) is 4.75. The van der Waals surface area contributed by atoms with Crippen LogP contribution in [0.1, 0.15) is 18.0 Å². The van der Waals surface area contributed by atoms with Crippen LogP contribution in [-0.2, 0) is 14.8 Å². The molecule has 1 unspecified atom stereocenters. The number of carboxylic acids is 1. The Morgan fingerprint density at radius 1 is 1.13 bits per heavy atom. The molecule has 0 saturated heterocycles. The largest absolute Gasteiger partial charge is 0.481 e. The molecule has 2 N–H and O–H groups in total. The fraction of sp³-hybridized carbons (Fsp3) is 0.133. The fourth-order valence-electron chi connectivity index (χ4n) is 1.97.